The molecule has 0 aliphatic heterocycles. The van der Waals surface area contributed by atoms with E-state index >= 15 is 0 Å². The van der Waals surface area contributed by atoms with Crippen LogP contribution in [0.15, 0.2) is 11.6 Å². The van der Waals surface area contributed by atoms with Crippen molar-refractivity contribution in [1.29, 1.82) is 0 Å². The van der Waals surface area contributed by atoms with Gasteiger partial charge in [0.05, 0.1) is 6.61 Å². The van der Waals surface area contributed by atoms with Crippen molar-refractivity contribution in [2.75, 3.05) is 6.61 Å². The predicted molar refractivity (Wildman–Crippen MR) is 113 cm³/mol. The summed E-state index contributed by atoms with van der Waals surface area (Å²) in [5.74, 6) is 1.73. The number of ether oxygens (including phenoxy) is 2. The van der Waals surface area contributed by atoms with E-state index in [2.05, 4.69) is 19.9 Å². The van der Waals surface area contributed by atoms with Gasteiger partial charge < -0.3 is 14.6 Å². The molecule has 30 heavy (non-hydrogen) atoms. The van der Waals surface area contributed by atoms with E-state index in [1.807, 2.05) is 0 Å². The van der Waals surface area contributed by atoms with Crippen molar-refractivity contribution in [3.63, 3.8) is 0 Å². The Hall–Kier alpha value is -1.36. The minimum absolute atomic E-state index is 0.0327. The fraction of sp³-hybridized carbons (Fsp3) is 0.840. The van der Waals surface area contributed by atoms with Crippen LogP contribution in [0.5, 0.6) is 0 Å². The van der Waals surface area contributed by atoms with Gasteiger partial charge in [-0.1, -0.05) is 18.6 Å². The number of rotatable bonds is 4. The van der Waals surface area contributed by atoms with Crippen molar-refractivity contribution in [2.24, 2.45) is 34.5 Å². The molecule has 5 heteroatoms. The molecule has 8 atom stereocenters. The summed E-state index contributed by atoms with van der Waals surface area (Å²) < 4.78 is 11.1. The van der Waals surface area contributed by atoms with Crippen LogP contribution < -0.4 is 0 Å². The molecule has 4 rings (SSSR count). The number of aliphatic hydroxyl groups is 1. The summed E-state index contributed by atoms with van der Waals surface area (Å²) in [7, 11) is 0. The van der Waals surface area contributed by atoms with E-state index in [4.69, 9.17) is 9.47 Å². The van der Waals surface area contributed by atoms with E-state index in [0.29, 0.717) is 23.7 Å². The quantitative estimate of drug-likeness (QED) is 0.540. The number of allylic oxidation sites excluding steroid dienone is 1. The molecule has 0 unspecified atom stereocenters. The number of aliphatic hydroxyl groups excluding tert-OH is 1. The number of fused-ring (bicyclic) bond motifs is 5. The van der Waals surface area contributed by atoms with Crippen LogP contribution >= 0.6 is 0 Å². The standard InChI is InChI=1S/C25H38O5/c1-15(29-16(2)27)21-7-8-22-20-6-5-18-13-19(30-17(3)28)9-12-25(18,14-26)23(20)10-11-24(21,22)4/h5,15,19-23,26H,6-14H2,1-4H3/t15-,19+,20+,21-,22+,23+,24-,25-/m1/s1. The molecule has 4 aliphatic carbocycles. The first-order valence-corrected chi connectivity index (χ1v) is 11.9. The summed E-state index contributed by atoms with van der Waals surface area (Å²) in [5.41, 5.74) is 1.39. The molecule has 0 aromatic carbocycles. The zero-order valence-electron chi connectivity index (χ0n) is 19.0. The van der Waals surface area contributed by atoms with E-state index < -0.39 is 0 Å². The van der Waals surface area contributed by atoms with Crippen molar-refractivity contribution < 1.29 is 24.2 Å². The number of hydrogen-bond donors (Lipinski definition) is 1. The molecular formula is C25H38O5. The van der Waals surface area contributed by atoms with Gasteiger partial charge >= 0.3 is 11.9 Å². The third-order valence-electron chi connectivity index (χ3n) is 9.39. The molecule has 168 valence electrons. The molecule has 0 saturated heterocycles. The summed E-state index contributed by atoms with van der Waals surface area (Å²) in [6, 6.07) is 0. The maximum absolute atomic E-state index is 11.5. The summed E-state index contributed by atoms with van der Waals surface area (Å²) in [5, 5.41) is 10.6. The van der Waals surface area contributed by atoms with Gasteiger partial charge in [-0.3, -0.25) is 9.59 Å². The van der Waals surface area contributed by atoms with Crippen LogP contribution in [0.3, 0.4) is 0 Å². The van der Waals surface area contributed by atoms with Gasteiger partial charge in [0.25, 0.3) is 0 Å². The Labute approximate surface area is 180 Å². The van der Waals surface area contributed by atoms with E-state index in [1.165, 1.54) is 25.8 Å². The van der Waals surface area contributed by atoms with E-state index in [9.17, 15) is 14.7 Å². The second-order valence-electron chi connectivity index (χ2n) is 10.7. The van der Waals surface area contributed by atoms with Gasteiger partial charge in [0.15, 0.2) is 0 Å². The zero-order chi connectivity index (χ0) is 21.7. The van der Waals surface area contributed by atoms with Crippen molar-refractivity contribution in [3.8, 4) is 0 Å². The lowest BCUT2D eigenvalue weighted by molar-refractivity contribution is -0.154. The van der Waals surface area contributed by atoms with Gasteiger partial charge in [-0.2, -0.15) is 0 Å². The molecule has 0 amide bonds. The summed E-state index contributed by atoms with van der Waals surface area (Å²) in [6.45, 7) is 7.68. The second kappa shape index (κ2) is 7.96. The van der Waals surface area contributed by atoms with Crippen LogP contribution in [0.2, 0.25) is 0 Å². The maximum Gasteiger partial charge on any atom is 0.302 e. The molecule has 0 aromatic heterocycles. The Morgan fingerprint density at radius 3 is 2.57 bits per heavy atom. The van der Waals surface area contributed by atoms with Crippen LogP contribution in [0.4, 0.5) is 0 Å². The van der Waals surface area contributed by atoms with E-state index in [0.717, 1.165) is 44.9 Å². The minimum Gasteiger partial charge on any atom is -0.463 e. The fourth-order valence-corrected chi connectivity index (χ4v) is 8.21. The number of carbonyl (C=O) groups is 2. The highest BCUT2D eigenvalue weighted by atomic mass is 16.5. The molecule has 3 saturated carbocycles. The summed E-state index contributed by atoms with van der Waals surface area (Å²) in [6.07, 6.45) is 10.5. The van der Waals surface area contributed by atoms with Crippen LogP contribution in [-0.4, -0.2) is 35.9 Å². The predicted octanol–water partition coefficient (Wildman–Crippen LogP) is 4.42. The van der Waals surface area contributed by atoms with E-state index in [-0.39, 0.29) is 41.6 Å². The highest BCUT2D eigenvalue weighted by molar-refractivity contribution is 5.66. The molecular weight excluding hydrogens is 380 g/mol. The van der Waals surface area contributed by atoms with Gasteiger partial charge in [0, 0.05) is 31.6 Å². The normalized spacial score (nSPS) is 43.5. The van der Waals surface area contributed by atoms with Crippen molar-refractivity contribution >= 4 is 11.9 Å². The number of hydrogen-bond acceptors (Lipinski definition) is 5. The summed E-state index contributed by atoms with van der Waals surface area (Å²) in [4.78, 5) is 23.0. The number of carbonyl (C=O) groups excluding carboxylic acids is 2. The Bertz CT molecular complexity index is 729. The summed E-state index contributed by atoms with van der Waals surface area (Å²) >= 11 is 0. The number of esters is 2. The molecule has 3 fully saturated rings. The van der Waals surface area contributed by atoms with Gasteiger partial charge in [-0.25, -0.2) is 0 Å². The first kappa shape index (κ1) is 21.9. The Kier molecular flexibility index (Phi) is 5.80. The third kappa shape index (κ3) is 3.41. The maximum atomic E-state index is 11.5. The molecule has 4 aliphatic rings. The first-order valence-electron chi connectivity index (χ1n) is 11.9. The van der Waals surface area contributed by atoms with Gasteiger partial charge in [-0.15, -0.1) is 0 Å². The molecule has 0 aromatic rings. The Morgan fingerprint density at radius 1 is 1.13 bits per heavy atom. The van der Waals surface area contributed by atoms with Crippen molar-refractivity contribution in [2.45, 2.75) is 91.3 Å². The smallest absolute Gasteiger partial charge is 0.302 e. The van der Waals surface area contributed by atoms with Gasteiger partial charge in [-0.05, 0) is 75.0 Å². The largest absolute Gasteiger partial charge is 0.463 e. The van der Waals surface area contributed by atoms with Gasteiger partial charge in [0.2, 0.25) is 0 Å². The first-order chi connectivity index (χ1) is 14.2. The third-order valence-corrected chi connectivity index (χ3v) is 9.39. The van der Waals surface area contributed by atoms with Crippen molar-refractivity contribution in [1.82, 2.24) is 0 Å². The SMILES string of the molecule is CC(=O)O[C@H]1CC[C@@]2(CO)C(=CC[C@@H]3[C@@H]2CC[C@]2(C)[C@@H]([C@@H](C)OC(C)=O)CC[C@@H]32)C1. The van der Waals surface area contributed by atoms with E-state index in [1.54, 1.807) is 0 Å². The topological polar surface area (TPSA) is 72.8 Å². The highest BCUT2D eigenvalue weighted by Gasteiger charge is 2.60. The second-order valence-corrected chi connectivity index (χ2v) is 10.7. The Morgan fingerprint density at radius 2 is 1.90 bits per heavy atom. The molecule has 0 heterocycles. The lowest BCUT2D eigenvalue weighted by Crippen LogP contribution is -2.53. The minimum atomic E-state index is -0.210. The average Bonchev–Trinajstić information content (AvgIpc) is 3.04. The van der Waals surface area contributed by atoms with Crippen LogP contribution in [0, 0.1) is 34.5 Å². The average molecular weight is 419 g/mol. The zero-order valence-corrected chi connectivity index (χ0v) is 19.0. The van der Waals surface area contributed by atoms with Crippen molar-refractivity contribution in [3.05, 3.63) is 11.6 Å². The highest BCUT2D eigenvalue weighted by Crippen LogP contribution is 2.66. The molecule has 0 spiro atoms. The van der Waals surface area contributed by atoms with Crippen LogP contribution in [0.25, 0.3) is 0 Å². The van der Waals surface area contributed by atoms with Gasteiger partial charge in [0.1, 0.15) is 12.2 Å². The fourth-order valence-electron chi connectivity index (χ4n) is 8.21. The molecule has 1 N–H and O–H groups in total. The molecule has 0 bridgehead atoms. The molecule has 5 nitrogen and oxygen atoms in total. The Balaban J connectivity index is 1.57. The lowest BCUT2D eigenvalue weighted by atomic mass is 9.47. The monoisotopic (exact) mass is 418 g/mol. The lowest BCUT2D eigenvalue weighted by Gasteiger charge is -2.58. The molecule has 0 radical (unpaired) electrons. The van der Waals surface area contributed by atoms with Crippen LogP contribution in [-0.2, 0) is 19.1 Å². The van der Waals surface area contributed by atoms with Crippen LogP contribution in [0.1, 0.15) is 79.1 Å².